The van der Waals surface area contributed by atoms with Crippen molar-refractivity contribution in [3.05, 3.63) is 52.6 Å². The van der Waals surface area contributed by atoms with Crippen LogP contribution >= 0.6 is 11.3 Å². The first-order valence-corrected chi connectivity index (χ1v) is 11.0. The fourth-order valence-electron chi connectivity index (χ4n) is 3.59. The molecule has 0 bridgehead atoms. The van der Waals surface area contributed by atoms with E-state index >= 15 is 0 Å². The molecule has 0 unspecified atom stereocenters. The highest BCUT2D eigenvalue weighted by Crippen LogP contribution is 2.37. The summed E-state index contributed by atoms with van der Waals surface area (Å²) in [4.78, 5) is 20.8. The minimum absolute atomic E-state index is 0.125. The molecule has 0 saturated heterocycles. The Morgan fingerprint density at radius 1 is 1.27 bits per heavy atom. The average Bonchev–Trinajstić information content (AvgIpc) is 3.37. The van der Waals surface area contributed by atoms with Gasteiger partial charge in [-0.15, -0.1) is 11.3 Å². The maximum Gasteiger partial charge on any atom is 0.349 e. The number of halogens is 1. The van der Waals surface area contributed by atoms with Crippen LogP contribution in [0.4, 0.5) is 10.2 Å². The summed E-state index contributed by atoms with van der Waals surface area (Å²) in [6, 6.07) is 6.31. The van der Waals surface area contributed by atoms with Crippen LogP contribution in [0.5, 0.6) is 11.5 Å². The Kier molecular flexibility index (Phi) is 6.45. The molecular weight excluding hydrogens is 449 g/mol. The third-order valence-electron chi connectivity index (χ3n) is 5.07. The number of thiophene rings is 1. The molecule has 1 aromatic carbocycles. The summed E-state index contributed by atoms with van der Waals surface area (Å²) in [5.41, 5.74) is 1.73. The molecule has 0 saturated carbocycles. The monoisotopic (exact) mass is 471 g/mol. The zero-order chi connectivity index (χ0) is 23.5. The number of benzene rings is 1. The van der Waals surface area contributed by atoms with Crippen molar-refractivity contribution < 1.29 is 28.2 Å². The number of nitrogens with one attached hydrogen (secondary N) is 1. The Labute approximate surface area is 193 Å². The molecule has 0 aliphatic rings. The van der Waals surface area contributed by atoms with Crippen LogP contribution in [0.2, 0.25) is 0 Å². The maximum atomic E-state index is 14.5. The van der Waals surface area contributed by atoms with Crippen molar-refractivity contribution in [3.8, 4) is 22.1 Å². The third-order valence-corrected chi connectivity index (χ3v) is 6.19. The SMILES string of the molecule is CCOc1cc(-c2cc(NCCc3c(C)oc4c(OC)ccc(F)c34)ncn2)sc1C(=O)O. The Morgan fingerprint density at radius 2 is 2.09 bits per heavy atom. The highest BCUT2D eigenvalue weighted by atomic mass is 32.1. The van der Waals surface area contributed by atoms with Crippen molar-refractivity contribution in [1.82, 2.24) is 9.97 Å². The standard InChI is InChI=1S/C23H22FN3O5S/c1-4-31-17-10-18(33-22(17)23(28)29)15-9-19(27-11-26-15)25-8-7-13-12(2)32-21-16(30-3)6-5-14(24)20(13)21/h5-6,9-11H,4,7-8H2,1-3H3,(H,28,29)(H,25,26,27). The maximum absolute atomic E-state index is 14.5. The fraction of sp³-hybridized carbons (Fsp3) is 0.261. The topological polar surface area (TPSA) is 107 Å². The number of rotatable bonds is 9. The summed E-state index contributed by atoms with van der Waals surface area (Å²) in [6.45, 7) is 4.42. The molecule has 0 aliphatic heterocycles. The molecule has 3 aromatic heterocycles. The summed E-state index contributed by atoms with van der Waals surface area (Å²) in [5.74, 6) is 0.580. The summed E-state index contributed by atoms with van der Waals surface area (Å²) in [5, 5.41) is 13.0. The Balaban J connectivity index is 1.53. The first kappa shape index (κ1) is 22.5. The Bertz CT molecular complexity index is 1320. The van der Waals surface area contributed by atoms with E-state index in [0.717, 1.165) is 16.9 Å². The summed E-state index contributed by atoms with van der Waals surface area (Å²) >= 11 is 1.09. The number of methoxy groups -OCH3 is 1. The number of aryl methyl sites for hydroxylation is 1. The average molecular weight is 472 g/mol. The lowest BCUT2D eigenvalue weighted by Gasteiger charge is -2.07. The Hall–Kier alpha value is -3.66. The number of furan rings is 1. The van der Waals surface area contributed by atoms with Gasteiger partial charge in [-0.25, -0.2) is 19.2 Å². The smallest absolute Gasteiger partial charge is 0.349 e. The van der Waals surface area contributed by atoms with Crippen LogP contribution in [-0.2, 0) is 6.42 Å². The molecule has 4 rings (SSSR count). The van der Waals surface area contributed by atoms with Crippen LogP contribution in [0.1, 0.15) is 27.9 Å². The number of hydrogen-bond acceptors (Lipinski definition) is 8. The first-order chi connectivity index (χ1) is 15.9. The molecular formula is C23H22FN3O5S. The number of carbonyl (C=O) groups is 1. The van der Waals surface area contributed by atoms with Crippen LogP contribution < -0.4 is 14.8 Å². The predicted octanol–water partition coefficient (Wildman–Crippen LogP) is 5.16. The van der Waals surface area contributed by atoms with Crippen molar-refractivity contribution >= 4 is 34.1 Å². The highest BCUT2D eigenvalue weighted by molar-refractivity contribution is 7.17. The molecule has 0 fully saturated rings. The minimum atomic E-state index is -1.05. The van der Waals surface area contributed by atoms with Crippen molar-refractivity contribution in [2.75, 3.05) is 25.6 Å². The molecule has 0 atom stereocenters. The zero-order valence-electron chi connectivity index (χ0n) is 18.3. The fourth-order valence-corrected chi connectivity index (χ4v) is 4.50. The van der Waals surface area contributed by atoms with Crippen molar-refractivity contribution in [3.63, 3.8) is 0 Å². The largest absolute Gasteiger partial charge is 0.493 e. The van der Waals surface area contributed by atoms with Gasteiger partial charge in [-0.3, -0.25) is 0 Å². The van der Waals surface area contributed by atoms with E-state index in [9.17, 15) is 14.3 Å². The van der Waals surface area contributed by atoms with E-state index in [1.165, 1.54) is 19.5 Å². The minimum Gasteiger partial charge on any atom is -0.493 e. The second kappa shape index (κ2) is 9.45. The Morgan fingerprint density at radius 3 is 2.82 bits per heavy atom. The second-order valence-corrected chi connectivity index (χ2v) is 8.15. The van der Waals surface area contributed by atoms with Gasteiger partial charge in [-0.2, -0.15) is 0 Å². The molecule has 0 radical (unpaired) electrons. The summed E-state index contributed by atoms with van der Waals surface area (Å²) in [7, 11) is 1.52. The van der Waals surface area contributed by atoms with Gasteiger partial charge in [0.25, 0.3) is 0 Å². The molecule has 8 nitrogen and oxygen atoms in total. The molecule has 4 aromatic rings. The van der Waals surface area contributed by atoms with Crippen molar-refractivity contribution in [1.29, 1.82) is 0 Å². The lowest BCUT2D eigenvalue weighted by molar-refractivity contribution is 0.0698. The molecule has 10 heteroatoms. The van der Waals surface area contributed by atoms with Gasteiger partial charge in [0.1, 0.15) is 29.5 Å². The highest BCUT2D eigenvalue weighted by Gasteiger charge is 2.20. The third kappa shape index (κ3) is 4.47. The molecule has 3 heterocycles. The number of aromatic nitrogens is 2. The van der Waals surface area contributed by atoms with E-state index in [1.807, 2.05) is 0 Å². The van der Waals surface area contributed by atoms with E-state index < -0.39 is 5.97 Å². The van der Waals surface area contributed by atoms with Gasteiger partial charge in [-0.05, 0) is 32.4 Å². The van der Waals surface area contributed by atoms with Gasteiger partial charge in [0.15, 0.2) is 16.2 Å². The number of nitrogens with zero attached hydrogens (tertiary/aromatic N) is 2. The van der Waals surface area contributed by atoms with Crippen LogP contribution in [0, 0.1) is 12.7 Å². The molecule has 0 amide bonds. The van der Waals surface area contributed by atoms with Crippen LogP contribution in [-0.4, -0.2) is 41.3 Å². The summed E-state index contributed by atoms with van der Waals surface area (Å²) < 4.78 is 31.0. The molecule has 0 aliphatic carbocycles. The molecule has 172 valence electrons. The second-order valence-electron chi connectivity index (χ2n) is 7.10. The first-order valence-electron chi connectivity index (χ1n) is 10.2. The number of aromatic carboxylic acids is 1. The number of anilines is 1. The number of ether oxygens (including phenoxy) is 2. The lowest BCUT2D eigenvalue weighted by atomic mass is 10.1. The summed E-state index contributed by atoms with van der Waals surface area (Å²) in [6.07, 6.45) is 1.90. The van der Waals surface area contributed by atoms with Crippen molar-refractivity contribution in [2.45, 2.75) is 20.3 Å². The van der Waals surface area contributed by atoms with Crippen LogP contribution in [0.15, 0.2) is 35.0 Å². The van der Waals surface area contributed by atoms with E-state index in [0.29, 0.717) is 64.2 Å². The lowest BCUT2D eigenvalue weighted by Crippen LogP contribution is -2.07. The zero-order valence-corrected chi connectivity index (χ0v) is 19.1. The van der Waals surface area contributed by atoms with Gasteiger partial charge in [-0.1, -0.05) is 0 Å². The van der Waals surface area contributed by atoms with Gasteiger partial charge in [0.05, 0.1) is 29.7 Å². The quantitative estimate of drug-likeness (QED) is 0.345. The van der Waals surface area contributed by atoms with Gasteiger partial charge >= 0.3 is 5.97 Å². The van der Waals surface area contributed by atoms with Gasteiger partial charge < -0.3 is 24.3 Å². The van der Waals surface area contributed by atoms with Crippen LogP contribution in [0.25, 0.3) is 21.5 Å². The van der Waals surface area contributed by atoms with Crippen molar-refractivity contribution in [2.24, 2.45) is 0 Å². The number of carboxylic acid groups (broad SMARTS) is 1. The molecule has 0 spiro atoms. The normalized spacial score (nSPS) is 11.0. The van der Waals surface area contributed by atoms with Gasteiger partial charge in [0, 0.05) is 24.2 Å². The number of fused-ring (bicyclic) bond motifs is 1. The predicted molar refractivity (Wildman–Crippen MR) is 123 cm³/mol. The van der Waals surface area contributed by atoms with Gasteiger partial charge in [0.2, 0.25) is 0 Å². The van der Waals surface area contributed by atoms with E-state index in [4.69, 9.17) is 13.9 Å². The molecule has 33 heavy (non-hydrogen) atoms. The van der Waals surface area contributed by atoms with E-state index in [2.05, 4.69) is 15.3 Å². The van der Waals surface area contributed by atoms with E-state index in [-0.39, 0.29) is 10.7 Å². The number of carboxylic acids is 1. The number of hydrogen-bond donors (Lipinski definition) is 2. The molecule has 2 N–H and O–H groups in total. The van der Waals surface area contributed by atoms with E-state index in [1.54, 1.807) is 32.0 Å². The van der Waals surface area contributed by atoms with Crippen LogP contribution in [0.3, 0.4) is 0 Å².